The van der Waals surface area contributed by atoms with Gasteiger partial charge in [-0.05, 0) is 19.1 Å². The number of hydrogen-bond donors (Lipinski definition) is 3. The van der Waals surface area contributed by atoms with E-state index < -0.39 is 15.9 Å². The molecular formula is C12H14N4O3S2. The molecule has 0 bridgehead atoms. The average molecular weight is 326 g/mol. The number of primary amides is 1. The van der Waals surface area contributed by atoms with E-state index in [0.717, 1.165) is 0 Å². The fourth-order valence-electron chi connectivity index (χ4n) is 1.64. The number of rotatable bonds is 6. The Kier molecular flexibility index (Phi) is 4.53. The third kappa shape index (κ3) is 3.76. The monoisotopic (exact) mass is 326 g/mol. The number of hydrogen-bond acceptors (Lipinski definition) is 5. The molecule has 0 saturated heterocycles. The number of aromatic nitrogens is 2. The van der Waals surface area contributed by atoms with Crippen LogP contribution in [0.1, 0.15) is 5.69 Å². The molecule has 0 aliphatic heterocycles. The van der Waals surface area contributed by atoms with Gasteiger partial charge in [0, 0.05) is 4.90 Å². The molecule has 0 unspecified atom stereocenters. The molecule has 0 aliphatic carbocycles. The van der Waals surface area contributed by atoms with Crippen molar-refractivity contribution in [1.82, 2.24) is 10.2 Å². The summed E-state index contributed by atoms with van der Waals surface area (Å²) in [7, 11) is -3.73. The number of amides is 1. The summed E-state index contributed by atoms with van der Waals surface area (Å²) in [4.78, 5) is 11.6. The van der Waals surface area contributed by atoms with Crippen LogP contribution in [0.15, 0.2) is 40.3 Å². The minimum Gasteiger partial charge on any atom is -0.369 e. The smallest absolute Gasteiger partial charge is 0.265 e. The number of aryl methyl sites for hydroxylation is 1. The molecule has 112 valence electrons. The van der Waals surface area contributed by atoms with E-state index in [1.807, 2.05) is 0 Å². The van der Waals surface area contributed by atoms with Gasteiger partial charge in [-0.15, -0.1) is 11.8 Å². The molecule has 1 aromatic carbocycles. The van der Waals surface area contributed by atoms with Gasteiger partial charge in [-0.25, -0.2) is 8.42 Å². The van der Waals surface area contributed by atoms with E-state index in [1.54, 1.807) is 31.2 Å². The Morgan fingerprint density at radius 1 is 1.43 bits per heavy atom. The number of carbonyl (C=O) groups excluding carboxylic acids is 1. The van der Waals surface area contributed by atoms with Gasteiger partial charge in [-0.1, -0.05) is 12.1 Å². The largest absolute Gasteiger partial charge is 0.369 e. The highest BCUT2D eigenvalue weighted by Crippen LogP contribution is 2.28. The zero-order valence-electron chi connectivity index (χ0n) is 11.2. The topological polar surface area (TPSA) is 118 Å². The van der Waals surface area contributed by atoms with Crippen LogP contribution in [0.25, 0.3) is 0 Å². The average Bonchev–Trinajstić information content (AvgIpc) is 2.84. The van der Waals surface area contributed by atoms with Gasteiger partial charge in [-0.3, -0.25) is 14.6 Å². The summed E-state index contributed by atoms with van der Waals surface area (Å²) in [5, 5.41) is 6.28. The quantitative estimate of drug-likeness (QED) is 0.687. The molecule has 0 atom stereocenters. The van der Waals surface area contributed by atoms with Crippen molar-refractivity contribution in [2.45, 2.75) is 16.7 Å². The lowest BCUT2D eigenvalue weighted by atomic mass is 10.3. The summed E-state index contributed by atoms with van der Waals surface area (Å²) in [6.45, 7) is 1.62. The number of anilines is 1. The first-order chi connectivity index (χ1) is 9.90. The maximum Gasteiger partial charge on any atom is 0.265 e. The minimum atomic E-state index is -3.73. The van der Waals surface area contributed by atoms with E-state index in [4.69, 9.17) is 5.73 Å². The van der Waals surface area contributed by atoms with Crippen molar-refractivity contribution < 1.29 is 13.2 Å². The summed E-state index contributed by atoms with van der Waals surface area (Å²) in [6.07, 6.45) is 1.25. The van der Waals surface area contributed by atoms with Gasteiger partial charge in [0.15, 0.2) is 0 Å². The van der Waals surface area contributed by atoms with E-state index in [-0.39, 0.29) is 10.6 Å². The van der Waals surface area contributed by atoms with Gasteiger partial charge in [0.05, 0.1) is 23.3 Å². The molecule has 0 radical (unpaired) electrons. The summed E-state index contributed by atoms with van der Waals surface area (Å²) >= 11 is 1.17. The maximum absolute atomic E-state index is 12.3. The Morgan fingerprint density at radius 3 is 2.76 bits per heavy atom. The third-order valence-electron chi connectivity index (χ3n) is 2.57. The molecular weight excluding hydrogens is 312 g/mol. The molecule has 0 aliphatic rings. The number of nitrogens with one attached hydrogen (secondary N) is 2. The molecule has 0 saturated carbocycles. The highest BCUT2D eigenvalue weighted by molar-refractivity contribution is 8.00. The predicted octanol–water partition coefficient (Wildman–Crippen LogP) is 1.10. The molecule has 1 amide bonds. The first-order valence-corrected chi connectivity index (χ1v) is 8.40. The van der Waals surface area contributed by atoms with Crippen molar-refractivity contribution in [2.24, 2.45) is 5.73 Å². The third-order valence-corrected chi connectivity index (χ3v) is 5.15. The highest BCUT2D eigenvalue weighted by Gasteiger charge is 2.20. The van der Waals surface area contributed by atoms with Crippen LogP contribution >= 0.6 is 11.8 Å². The summed E-state index contributed by atoms with van der Waals surface area (Å²) in [5.74, 6) is -0.396. The first kappa shape index (κ1) is 15.4. The second-order valence-electron chi connectivity index (χ2n) is 4.22. The maximum atomic E-state index is 12.3. The van der Waals surface area contributed by atoms with Crippen molar-refractivity contribution in [3.63, 3.8) is 0 Å². The second-order valence-corrected chi connectivity index (χ2v) is 6.88. The van der Waals surface area contributed by atoms with Crippen LogP contribution in [0.5, 0.6) is 0 Å². The van der Waals surface area contributed by atoms with E-state index >= 15 is 0 Å². The first-order valence-electron chi connectivity index (χ1n) is 5.93. The van der Waals surface area contributed by atoms with Crippen LogP contribution in [0.4, 0.5) is 5.69 Å². The fourth-order valence-corrected chi connectivity index (χ4v) is 3.67. The molecule has 2 rings (SSSR count). The number of benzene rings is 1. The Balaban J connectivity index is 2.27. The lowest BCUT2D eigenvalue weighted by Gasteiger charge is -2.11. The lowest BCUT2D eigenvalue weighted by Crippen LogP contribution is -2.15. The molecule has 1 aromatic heterocycles. The Morgan fingerprint density at radius 2 is 2.14 bits per heavy atom. The number of H-pyrrole nitrogens is 1. The number of para-hydroxylation sites is 1. The summed E-state index contributed by atoms with van der Waals surface area (Å²) in [6, 6.07) is 6.79. The summed E-state index contributed by atoms with van der Waals surface area (Å²) < 4.78 is 27.1. The van der Waals surface area contributed by atoms with E-state index in [0.29, 0.717) is 16.3 Å². The van der Waals surface area contributed by atoms with Crippen LogP contribution in [-0.2, 0) is 14.8 Å². The van der Waals surface area contributed by atoms with Crippen molar-refractivity contribution in [3.05, 3.63) is 36.2 Å². The molecule has 4 N–H and O–H groups in total. The zero-order valence-corrected chi connectivity index (χ0v) is 12.8. The van der Waals surface area contributed by atoms with Crippen LogP contribution in [0.2, 0.25) is 0 Å². The van der Waals surface area contributed by atoms with Gasteiger partial charge in [-0.2, -0.15) is 5.10 Å². The van der Waals surface area contributed by atoms with Gasteiger partial charge in [0.2, 0.25) is 5.91 Å². The number of nitrogens with two attached hydrogens (primary N) is 1. The van der Waals surface area contributed by atoms with Gasteiger partial charge < -0.3 is 5.73 Å². The zero-order chi connectivity index (χ0) is 15.5. The summed E-state index contributed by atoms with van der Waals surface area (Å²) in [5.41, 5.74) is 5.95. The highest BCUT2D eigenvalue weighted by atomic mass is 32.2. The van der Waals surface area contributed by atoms with Gasteiger partial charge in [0.1, 0.15) is 4.90 Å². The SMILES string of the molecule is Cc1[nH]ncc1S(=O)(=O)Nc1ccccc1SCC(N)=O. The second kappa shape index (κ2) is 6.19. The normalized spacial score (nSPS) is 11.3. The van der Waals surface area contributed by atoms with Crippen LogP contribution in [-0.4, -0.2) is 30.3 Å². The standard InChI is InChI=1S/C12H14N4O3S2/c1-8-11(6-14-15-8)21(18,19)16-9-4-2-3-5-10(9)20-7-12(13)17/h2-6,16H,7H2,1H3,(H2,13,17)(H,14,15). The minimum absolute atomic E-state index is 0.0729. The van der Waals surface area contributed by atoms with Crippen molar-refractivity contribution >= 4 is 33.4 Å². The van der Waals surface area contributed by atoms with Gasteiger partial charge >= 0.3 is 0 Å². The Labute approximate surface area is 126 Å². The molecule has 2 aromatic rings. The van der Waals surface area contributed by atoms with Gasteiger partial charge in [0.25, 0.3) is 10.0 Å². The van der Waals surface area contributed by atoms with E-state index in [2.05, 4.69) is 14.9 Å². The lowest BCUT2D eigenvalue weighted by molar-refractivity contribution is -0.115. The molecule has 0 spiro atoms. The number of aromatic amines is 1. The van der Waals surface area contributed by atoms with E-state index in [9.17, 15) is 13.2 Å². The van der Waals surface area contributed by atoms with Crippen molar-refractivity contribution in [1.29, 1.82) is 0 Å². The number of carbonyl (C=O) groups is 1. The van der Waals surface area contributed by atoms with Crippen LogP contribution in [0, 0.1) is 6.92 Å². The number of sulfonamides is 1. The van der Waals surface area contributed by atoms with Crippen molar-refractivity contribution in [2.75, 3.05) is 10.5 Å². The Hall–Kier alpha value is -2.00. The number of nitrogens with zero attached hydrogens (tertiary/aromatic N) is 1. The van der Waals surface area contributed by atoms with Crippen LogP contribution in [0.3, 0.4) is 0 Å². The fraction of sp³-hybridized carbons (Fsp3) is 0.167. The molecule has 1 heterocycles. The van der Waals surface area contributed by atoms with E-state index in [1.165, 1.54) is 18.0 Å². The molecule has 21 heavy (non-hydrogen) atoms. The van der Waals surface area contributed by atoms with Crippen molar-refractivity contribution in [3.8, 4) is 0 Å². The molecule has 0 fully saturated rings. The van der Waals surface area contributed by atoms with Crippen LogP contribution < -0.4 is 10.5 Å². The predicted molar refractivity (Wildman–Crippen MR) is 80.5 cm³/mol. The Bertz CT molecular complexity index is 755. The number of thioether (sulfide) groups is 1. The molecule has 7 nitrogen and oxygen atoms in total. The molecule has 9 heteroatoms.